The number of methoxy groups -OCH3 is 1. The lowest BCUT2D eigenvalue weighted by atomic mass is 9.90. The lowest BCUT2D eigenvalue weighted by molar-refractivity contribution is -0.148. The van der Waals surface area contributed by atoms with Gasteiger partial charge in [-0.3, -0.25) is 0 Å². The molecule has 0 bridgehead atoms. The van der Waals surface area contributed by atoms with E-state index in [2.05, 4.69) is 11.8 Å². The van der Waals surface area contributed by atoms with Crippen molar-refractivity contribution in [2.75, 3.05) is 27.2 Å². The predicted octanol–water partition coefficient (Wildman–Crippen LogP) is 1.60. The molecule has 0 amide bonds. The molecule has 0 aliphatic heterocycles. The van der Waals surface area contributed by atoms with Crippen LogP contribution < -0.4 is 5.73 Å². The highest BCUT2D eigenvalue weighted by Gasteiger charge is 2.40. The molecule has 0 heterocycles. The lowest BCUT2D eigenvalue weighted by Crippen LogP contribution is -2.53. The standard InChI is InChI=1S/C16H24N2O2/c1-12-9-13(12)10-18(2)11-16(17,15(19)20-3)14-7-5-4-6-8-14/h4-8,12-13H,9-11,17H2,1-3H3. The molecule has 2 N–H and O–H groups in total. The van der Waals surface area contributed by atoms with Crippen molar-refractivity contribution in [3.05, 3.63) is 35.9 Å². The van der Waals surface area contributed by atoms with Crippen LogP contribution in [0.2, 0.25) is 0 Å². The summed E-state index contributed by atoms with van der Waals surface area (Å²) in [5.74, 6) is 1.14. The van der Waals surface area contributed by atoms with Crippen molar-refractivity contribution < 1.29 is 9.53 Å². The zero-order chi connectivity index (χ0) is 14.8. The number of hydrogen-bond donors (Lipinski definition) is 1. The molecule has 0 radical (unpaired) electrons. The Morgan fingerprint density at radius 3 is 2.55 bits per heavy atom. The zero-order valence-electron chi connectivity index (χ0n) is 12.5. The van der Waals surface area contributed by atoms with Crippen molar-refractivity contribution in [3.63, 3.8) is 0 Å². The number of nitrogens with zero attached hydrogens (tertiary/aromatic N) is 1. The van der Waals surface area contributed by atoms with Gasteiger partial charge in [0.2, 0.25) is 0 Å². The molecule has 4 heteroatoms. The van der Waals surface area contributed by atoms with E-state index in [9.17, 15) is 4.79 Å². The summed E-state index contributed by atoms with van der Waals surface area (Å²) in [6.45, 7) is 3.70. The Morgan fingerprint density at radius 1 is 1.45 bits per heavy atom. The summed E-state index contributed by atoms with van der Waals surface area (Å²) in [5.41, 5.74) is 6.07. The van der Waals surface area contributed by atoms with E-state index in [1.807, 2.05) is 37.4 Å². The maximum absolute atomic E-state index is 12.2. The van der Waals surface area contributed by atoms with Gasteiger partial charge in [-0.25, -0.2) is 4.79 Å². The molecular formula is C16H24N2O2. The van der Waals surface area contributed by atoms with Gasteiger partial charge in [-0.1, -0.05) is 37.3 Å². The molecule has 1 aromatic carbocycles. The highest BCUT2D eigenvalue weighted by Crippen LogP contribution is 2.38. The molecule has 110 valence electrons. The number of hydrogen-bond acceptors (Lipinski definition) is 4. The van der Waals surface area contributed by atoms with Gasteiger partial charge in [-0.15, -0.1) is 0 Å². The molecule has 0 spiro atoms. The quantitative estimate of drug-likeness (QED) is 0.802. The van der Waals surface area contributed by atoms with Crippen LogP contribution in [0.3, 0.4) is 0 Å². The predicted molar refractivity (Wildman–Crippen MR) is 79.1 cm³/mol. The van der Waals surface area contributed by atoms with Crippen molar-refractivity contribution in [2.45, 2.75) is 18.9 Å². The third-order valence-corrected chi connectivity index (χ3v) is 4.18. The van der Waals surface area contributed by atoms with Crippen LogP contribution in [-0.2, 0) is 15.1 Å². The second-order valence-corrected chi connectivity index (χ2v) is 6.00. The number of nitrogens with two attached hydrogens (primary N) is 1. The smallest absolute Gasteiger partial charge is 0.331 e. The van der Waals surface area contributed by atoms with E-state index >= 15 is 0 Å². The Balaban J connectivity index is 2.13. The van der Waals surface area contributed by atoms with Crippen LogP contribution >= 0.6 is 0 Å². The third kappa shape index (κ3) is 3.19. The minimum Gasteiger partial charge on any atom is -0.467 e. The summed E-state index contributed by atoms with van der Waals surface area (Å²) < 4.78 is 4.92. The van der Waals surface area contributed by atoms with Crippen molar-refractivity contribution in [3.8, 4) is 0 Å². The number of ether oxygens (including phenoxy) is 1. The van der Waals surface area contributed by atoms with E-state index in [-0.39, 0.29) is 5.97 Å². The Hall–Kier alpha value is -1.39. The minimum atomic E-state index is -1.11. The minimum absolute atomic E-state index is 0.389. The first-order valence-corrected chi connectivity index (χ1v) is 7.08. The molecule has 3 unspecified atom stereocenters. The maximum atomic E-state index is 12.2. The second-order valence-electron chi connectivity index (χ2n) is 6.00. The molecule has 4 nitrogen and oxygen atoms in total. The van der Waals surface area contributed by atoms with Gasteiger partial charge < -0.3 is 15.4 Å². The molecule has 2 rings (SSSR count). The molecule has 1 aliphatic rings. The van der Waals surface area contributed by atoms with Crippen LogP contribution in [0.25, 0.3) is 0 Å². The SMILES string of the molecule is COC(=O)C(N)(CN(C)CC1CC1C)c1ccccc1. The Bertz CT molecular complexity index is 463. The van der Waals surface area contributed by atoms with Crippen LogP contribution in [0, 0.1) is 11.8 Å². The number of rotatable bonds is 6. The van der Waals surface area contributed by atoms with Gasteiger partial charge in [-0.05, 0) is 30.9 Å². The molecule has 1 saturated carbocycles. The highest BCUT2D eigenvalue weighted by molar-refractivity contribution is 5.82. The summed E-state index contributed by atoms with van der Waals surface area (Å²) in [5, 5.41) is 0. The molecule has 0 aromatic heterocycles. The molecular weight excluding hydrogens is 252 g/mol. The van der Waals surface area contributed by atoms with E-state index < -0.39 is 5.54 Å². The van der Waals surface area contributed by atoms with E-state index in [4.69, 9.17) is 10.5 Å². The van der Waals surface area contributed by atoms with Crippen LogP contribution in [0.5, 0.6) is 0 Å². The first-order chi connectivity index (χ1) is 9.47. The van der Waals surface area contributed by atoms with Crippen LogP contribution in [0.15, 0.2) is 30.3 Å². The van der Waals surface area contributed by atoms with Gasteiger partial charge in [0.25, 0.3) is 0 Å². The Labute approximate surface area is 120 Å². The summed E-state index contributed by atoms with van der Waals surface area (Å²) >= 11 is 0. The number of carbonyl (C=O) groups excluding carboxylic acids is 1. The molecule has 1 fully saturated rings. The lowest BCUT2D eigenvalue weighted by Gasteiger charge is -2.31. The first kappa shape index (κ1) is 15.0. The van der Waals surface area contributed by atoms with Crippen LogP contribution in [-0.4, -0.2) is 38.1 Å². The van der Waals surface area contributed by atoms with Crippen molar-refractivity contribution in [1.82, 2.24) is 4.90 Å². The fourth-order valence-corrected chi connectivity index (χ4v) is 2.74. The van der Waals surface area contributed by atoms with Gasteiger partial charge >= 0.3 is 5.97 Å². The van der Waals surface area contributed by atoms with Crippen LogP contribution in [0.4, 0.5) is 0 Å². The average molecular weight is 276 g/mol. The maximum Gasteiger partial charge on any atom is 0.331 e. The summed E-state index contributed by atoms with van der Waals surface area (Å²) in [6, 6.07) is 9.46. The number of likely N-dealkylation sites (N-methyl/N-ethyl adjacent to an activating group) is 1. The van der Waals surface area contributed by atoms with E-state index in [1.165, 1.54) is 13.5 Å². The largest absolute Gasteiger partial charge is 0.467 e. The normalized spacial score (nSPS) is 24.2. The van der Waals surface area contributed by atoms with E-state index in [1.54, 1.807) is 0 Å². The first-order valence-electron chi connectivity index (χ1n) is 7.08. The Kier molecular flexibility index (Phi) is 4.45. The molecule has 20 heavy (non-hydrogen) atoms. The summed E-state index contributed by atoms with van der Waals surface area (Å²) in [6.07, 6.45) is 1.27. The van der Waals surface area contributed by atoms with Gasteiger partial charge in [0.15, 0.2) is 5.54 Å². The van der Waals surface area contributed by atoms with Gasteiger partial charge in [-0.2, -0.15) is 0 Å². The van der Waals surface area contributed by atoms with E-state index in [0.717, 1.165) is 23.9 Å². The second kappa shape index (κ2) is 5.94. The third-order valence-electron chi connectivity index (χ3n) is 4.18. The van der Waals surface area contributed by atoms with Crippen LogP contribution in [0.1, 0.15) is 18.9 Å². The molecule has 1 aromatic rings. The summed E-state index contributed by atoms with van der Waals surface area (Å²) in [4.78, 5) is 14.3. The summed E-state index contributed by atoms with van der Waals surface area (Å²) in [7, 11) is 3.40. The fourth-order valence-electron chi connectivity index (χ4n) is 2.74. The zero-order valence-corrected chi connectivity index (χ0v) is 12.5. The number of carbonyl (C=O) groups is 1. The number of benzene rings is 1. The fraction of sp³-hybridized carbons (Fsp3) is 0.562. The highest BCUT2D eigenvalue weighted by atomic mass is 16.5. The molecule has 1 aliphatic carbocycles. The van der Waals surface area contributed by atoms with Gasteiger partial charge in [0, 0.05) is 13.1 Å². The Morgan fingerprint density at radius 2 is 2.05 bits per heavy atom. The van der Waals surface area contributed by atoms with Crippen molar-refractivity contribution >= 4 is 5.97 Å². The number of esters is 1. The topological polar surface area (TPSA) is 55.6 Å². The van der Waals surface area contributed by atoms with E-state index in [0.29, 0.717) is 6.54 Å². The van der Waals surface area contributed by atoms with Crippen molar-refractivity contribution in [1.29, 1.82) is 0 Å². The van der Waals surface area contributed by atoms with Gasteiger partial charge in [0.05, 0.1) is 7.11 Å². The average Bonchev–Trinajstić information content (AvgIpc) is 3.13. The molecule has 0 saturated heterocycles. The monoisotopic (exact) mass is 276 g/mol. The van der Waals surface area contributed by atoms with Crippen molar-refractivity contribution in [2.24, 2.45) is 17.6 Å². The molecule has 3 atom stereocenters. The van der Waals surface area contributed by atoms with Gasteiger partial charge in [0.1, 0.15) is 0 Å².